The van der Waals surface area contributed by atoms with Crippen molar-refractivity contribution in [1.82, 2.24) is 0 Å². The van der Waals surface area contributed by atoms with Crippen LogP contribution in [-0.4, -0.2) is 12.6 Å². The molecule has 0 saturated carbocycles. The summed E-state index contributed by atoms with van der Waals surface area (Å²) in [5, 5.41) is 0.642. The third-order valence-electron chi connectivity index (χ3n) is 2.36. The van der Waals surface area contributed by atoms with Crippen molar-refractivity contribution in [2.75, 3.05) is 6.61 Å². The minimum Gasteiger partial charge on any atom is -0.462 e. The number of carbonyl (C=O) groups is 1. The summed E-state index contributed by atoms with van der Waals surface area (Å²) in [6.07, 6.45) is 0. The van der Waals surface area contributed by atoms with Gasteiger partial charge in [0.1, 0.15) is 0 Å². The van der Waals surface area contributed by atoms with Gasteiger partial charge in [0.25, 0.3) is 0 Å². The topological polar surface area (TPSA) is 26.3 Å². The number of halogens is 1. The minimum atomic E-state index is -0.297. The van der Waals surface area contributed by atoms with E-state index in [1.165, 1.54) is 0 Å². The summed E-state index contributed by atoms with van der Waals surface area (Å²) in [6, 6.07) is 1.90. The third kappa shape index (κ3) is 2.32. The molecule has 1 aromatic carbocycles. The van der Waals surface area contributed by atoms with Gasteiger partial charge >= 0.3 is 5.97 Å². The number of carbonyl (C=O) groups excluding carboxylic acids is 1. The summed E-state index contributed by atoms with van der Waals surface area (Å²) < 4.78 is 4.99. The molecule has 0 amide bonds. The number of benzene rings is 1. The van der Waals surface area contributed by atoms with Gasteiger partial charge in [-0.25, -0.2) is 4.79 Å². The molecule has 1 rings (SSSR count). The van der Waals surface area contributed by atoms with Crippen molar-refractivity contribution in [3.63, 3.8) is 0 Å². The molecule has 0 aliphatic rings. The van der Waals surface area contributed by atoms with Crippen molar-refractivity contribution in [3.8, 4) is 0 Å². The van der Waals surface area contributed by atoms with Crippen LogP contribution in [0.3, 0.4) is 0 Å². The summed E-state index contributed by atoms with van der Waals surface area (Å²) in [5.41, 5.74) is 3.28. The van der Waals surface area contributed by atoms with E-state index in [1.807, 2.05) is 26.8 Å². The molecule has 15 heavy (non-hydrogen) atoms. The van der Waals surface area contributed by atoms with Crippen molar-refractivity contribution in [1.29, 1.82) is 0 Å². The van der Waals surface area contributed by atoms with Gasteiger partial charge in [-0.3, -0.25) is 0 Å². The first kappa shape index (κ1) is 12.1. The van der Waals surface area contributed by atoms with Gasteiger partial charge < -0.3 is 4.74 Å². The molecule has 0 aromatic heterocycles. The van der Waals surface area contributed by atoms with Crippen molar-refractivity contribution < 1.29 is 9.53 Å². The molecule has 1 aromatic rings. The molecule has 3 heteroatoms. The molecular weight excluding hydrogens is 212 g/mol. The Morgan fingerprint density at radius 1 is 1.33 bits per heavy atom. The average Bonchev–Trinajstić information content (AvgIpc) is 2.15. The minimum absolute atomic E-state index is 0.297. The fraction of sp³-hybridized carbons (Fsp3) is 0.417. The number of esters is 1. The highest BCUT2D eigenvalue weighted by Gasteiger charge is 2.16. The largest absolute Gasteiger partial charge is 0.462 e. The normalized spacial score (nSPS) is 10.2. The number of aryl methyl sites for hydroxylation is 2. The van der Waals surface area contributed by atoms with Gasteiger partial charge in [0.05, 0.1) is 12.2 Å². The lowest BCUT2D eigenvalue weighted by Gasteiger charge is -2.12. The smallest absolute Gasteiger partial charge is 0.338 e. The zero-order valence-electron chi connectivity index (χ0n) is 9.48. The van der Waals surface area contributed by atoms with Crippen molar-refractivity contribution in [3.05, 3.63) is 33.3 Å². The standard InChI is InChI=1S/C12H15ClO2/c1-5-15-12(14)10-7(2)6-8(3)11(13)9(10)4/h6H,5H2,1-4H3. The van der Waals surface area contributed by atoms with Crippen LogP contribution in [0.15, 0.2) is 6.07 Å². The van der Waals surface area contributed by atoms with Crippen LogP contribution in [0.5, 0.6) is 0 Å². The molecule has 0 aliphatic carbocycles. The quantitative estimate of drug-likeness (QED) is 0.723. The van der Waals surface area contributed by atoms with E-state index in [0.29, 0.717) is 17.2 Å². The number of hydrogen-bond acceptors (Lipinski definition) is 2. The third-order valence-corrected chi connectivity index (χ3v) is 2.94. The second kappa shape index (κ2) is 4.67. The summed E-state index contributed by atoms with van der Waals surface area (Å²) in [5.74, 6) is -0.297. The molecular formula is C12H15ClO2. The Balaban J connectivity index is 3.29. The molecule has 0 bridgehead atoms. The van der Waals surface area contributed by atoms with E-state index in [-0.39, 0.29) is 5.97 Å². The maximum Gasteiger partial charge on any atom is 0.338 e. The van der Waals surface area contributed by atoms with Gasteiger partial charge in [-0.2, -0.15) is 0 Å². The number of hydrogen-bond donors (Lipinski definition) is 0. The van der Waals surface area contributed by atoms with Crippen LogP contribution < -0.4 is 0 Å². The highest BCUT2D eigenvalue weighted by atomic mass is 35.5. The molecule has 0 heterocycles. The molecule has 82 valence electrons. The highest BCUT2D eigenvalue weighted by molar-refractivity contribution is 6.32. The zero-order chi connectivity index (χ0) is 11.6. The van der Waals surface area contributed by atoms with Gasteiger partial charge in [0.2, 0.25) is 0 Å². The van der Waals surface area contributed by atoms with Crippen LogP contribution in [0, 0.1) is 20.8 Å². The first-order valence-electron chi connectivity index (χ1n) is 4.92. The van der Waals surface area contributed by atoms with Crippen LogP contribution in [0.2, 0.25) is 5.02 Å². The van der Waals surface area contributed by atoms with E-state index in [4.69, 9.17) is 16.3 Å². The van der Waals surface area contributed by atoms with E-state index >= 15 is 0 Å². The molecule has 0 unspecified atom stereocenters. The molecule has 0 radical (unpaired) electrons. The van der Waals surface area contributed by atoms with Gasteiger partial charge in [0, 0.05) is 5.02 Å². The molecule has 0 saturated heterocycles. The van der Waals surface area contributed by atoms with E-state index in [0.717, 1.165) is 16.7 Å². The van der Waals surface area contributed by atoms with E-state index in [9.17, 15) is 4.79 Å². The lowest BCUT2D eigenvalue weighted by Crippen LogP contribution is -2.09. The molecule has 0 atom stereocenters. The van der Waals surface area contributed by atoms with Crippen LogP contribution >= 0.6 is 11.6 Å². The Morgan fingerprint density at radius 3 is 2.47 bits per heavy atom. The lowest BCUT2D eigenvalue weighted by molar-refractivity contribution is 0.0524. The van der Waals surface area contributed by atoms with Crippen molar-refractivity contribution in [2.24, 2.45) is 0 Å². The fourth-order valence-electron chi connectivity index (χ4n) is 1.68. The second-order valence-corrected chi connectivity index (χ2v) is 3.92. The maximum absolute atomic E-state index is 11.7. The molecule has 0 N–H and O–H groups in total. The summed E-state index contributed by atoms with van der Waals surface area (Å²) in [4.78, 5) is 11.7. The van der Waals surface area contributed by atoms with Gasteiger partial charge in [-0.15, -0.1) is 0 Å². The first-order valence-corrected chi connectivity index (χ1v) is 5.30. The number of ether oxygens (including phenoxy) is 1. The van der Waals surface area contributed by atoms with E-state index in [2.05, 4.69) is 0 Å². The average molecular weight is 227 g/mol. The zero-order valence-corrected chi connectivity index (χ0v) is 10.2. The summed E-state index contributed by atoms with van der Waals surface area (Å²) in [7, 11) is 0. The van der Waals surface area contributed by atoms with Gasteiger partial charge in [-0.05, 0) is 44.4 Å². The predicted octanol–water partition coefficient (Wildman–Crippen LogP) is 3.44. The molecule has 0 aliphatic heterocycles. The fourth-order valence-corrected chi connectivity index (χ4v) is 1.83. The molecule has 0 spiro atoms. The monoisotopic (exact) mass is 226 g/mol. The van der Waals surface area contributed by atoms with Crippen LogP contribution in [0.4, 0.5) is 0 Å². The number of rotatable bonds is 2. The van der Waals surface area contributed by atoms with Crippen LogP contribution in [0.1, 0.15) is 34.0 Å². The van der Waals surface area contributed by atoms with E-state index in [1.54, 1.807) is 6.92 Å². The maximum atomic E-state index is 11.7. The lowest BCUT2D eigenvalue weighted by atomic mass is 10.00. The Morgan fingerprint density at radius 2 is 1.93 bits per heavy atom. The predicted molar refractivity (Wildman–Crippen MR) is 61.6 cm³/mol. The first-order chi connectivity index (χ1) is 6.99. The summed E-state index contributed by atoms with van der Waals surface area (Å²) in [6.45, 7) is 7.83. The highest BCUT2D eigenvalue weighted by Crippen LogP contribution is 2.26. The van der Waals surface area contributed by atoms with Crippen molar-refractivity contribution in [2.45, 2.75) is 27.7 Å². The summed E-state index contributed by atoms with van der Waals surface area (Å²) >= 11 is 6.09. The van der Waals surface area contributed by atoms with Crippen molar-refractivity contribution >= 4 is 17.6 Å². The van der Waals surface area contributed by atoms with Gasteiger partial charge in [0.15, 0.2) is 0 Å². The molecule has 0 fully saturated rings. The van der Waals surface area contributed by atoms with Crippen LogP contribution in [0.25, 0.3) is 0 Å². The van der Waals surface area contributed by atoms with Crippen LogP contribution in [-0.2, 0) is 4.74 Å². The Hall–Kier alpha value is -1.02. The Labute approximate surface area is 95.2 Å². The Kier molecular flexibility index (Phi) is 3.75. The van der Waals surface area contributed by atoms with E-state index < -0.39 is 0 Å². The Bertz CT molecular complexity index is 397. The second-order valence-electron chi connectivity index (χ2n) is 3.54. The SMILES string of the molecule is CCOC(=O)c1c(C)cc(C)c(Cl)c1C. The van der Waals surface area contributed by atoms with Gasteiger partial charge in [-0.1, -0.05) is 17.7 Å². The molecule has 2 nitrogen and oxygen atoms in total.